The second kappa shape index (κ2) is 6.42. The second-order valence-corrected chi connectivity index (χ2v) is 6.85. The average molecular weight is 286 g/mol. The van der Waals surface area contributed by atoms with Crippen LogP contribution in [0.1, 0.15) is 41.0 Å². The zero-order valence-electron chi connectivity index (χ0n) is 12.4. The molecule has 4 nitrogen and oxygen atoms in total. The quantitative estimate of drug-likeness (QED) is 0.846. The molecule has 0 aliphatic rings. The van der Waals surface area contributed by atoms with Crippen LogP contribution in [0.2, 0.25) is 0 Å². The highest BCUT2D eigenvalue weighted by Gasteiger charge is 2.17. The fourth-order valence-corrected chi connectivity index (χ4v) is 2.30. The van der Waals surface area contributed by atoms with Crippen molar-refractivity contribution in [1.82, 2.24) is 9.55 Å². The Morgan fingerprint density at radius 3 is 2.58 bits per heavy atom. The summed E-state index contributed by atoms with van der Waals surface area (Å²) in [4.78, 5) is 16.3. The van der Waals surface area contributed by atoms with E-state index in [0.717, 1.165) is 6.42 Å². The van der Waals surface area contributed by atoms with Crippen molar-refractivity contribution in [3.05, 3.63) is 22.7 Å². The molecule has 0 bridgehead atoms. The van der Waals surface area contributed by atoms with Crippen molar-refractivity contribution < 1.29 is 0 Å². The average Bonchev–Trinajstić information content (AvgIpc) is 2.25. The lowest BCUT2D eigenvalue weighted by Gasteiger charge is -2.22. The van der Waals surface area contributed by atoms with E-state index in [2.05, 4.69) is 24.1 Å². The molecule has 1 N–H and O–H groups in total. The highest BCUT2D eigenvalue weighted by Crippen LogP contribution is 2.12. The minimum absolute atomic E-state index is 0.00416. The number of rotatable bonds is 5. The molecule has 0 radical (unpaired) electrons. The molecule has 19 heavy (non-hydrogen) atoms. The van der Waals surface area contributed by atoms with Crippen molar-refractivity contribution >= 4 is 17.4 Å². The molecule has 108 valence electrons. The first-order valence-electron chi connectivity index (χ1n) is 6.68. The van der Waals surface area contributed by atoms with Crippen molar-refractivity contribution in [3.8, 4) is 0 Å². The van der Waals surface area contributed by atoms with E-state index in [1.807, 2.05) is 20.8 Å². The minimum Gasteiger partial charge on any atom is -0.364 e. The SMILES string of the molecule is CC(C)CC(Cl)CNc1nccn(C(C)(C)C)c1=O. The summed E-state index contributed by atoms with van der Waals surface area (Å²) < 4.78 is 1.67. The number of hydrogen-bond acceptors (Lipinski definition) is 3. The number of hydrogen-bond donors (Lipinski definition) is 1. The summed E-state index contributed by atoms with van der Waals surface area (Å²) in [6.07, 6.45) is 4.26. The first kappa shape index (κ1) is 16.0. The van der Waals surface area contributed by atoms with Gasteiger partial charge in [0.25, 0.3) is 5.56 Å². The van der Waals surface area contributed by atoms with E-state index < -0.39 is 0 Å². The lowest BCUT2D eigenvalue weighted by atomic mass is 10.1. The number of aromatic nitrogens is 2. The molecule has 0 aliphatic carbocycles. The lowest BCUT2D eigenvalue weighted by Crippen LogP contribution is -2.35. The monoisotopic (exact) mass is 285 g/mol. The van der Waals surface area contributed by atoms with Crippen molar-refractivity contribution in [2.75, 3.05) is 11.9 Å². The minimum atomic E-state index is -0.255. The van der Waals surface area contributed by atoms with Crippen LogP contribution in [0.5, 0.6) is 0 Å². The van der Waals surface area contributed by atoms with Crippen molar-refractivity contribution in [3.63, 3.8) is 0 Å². The number of anilines is 1. The maximum atomic E-state index is 12.2. The summed E-state index contributed by atoms with van der Waals surface area (Å²) in [7, 11) is 0. The van der Waals surface area contributed by atoms with Crippen molar-refractivity contribution in [1.29, 1.82) is 0 Å². The predicted octanol–water partition coefficient (Wildman–Crippen LogP) is 3.06. The van der Waals surface area contributed by atoms with Crippen LogP contribution in [0.15, 0.2) is 17.2 Å². The van der Waals surface area contributed by atoms with Gasteiger partial charge in [-0.25, -0.2) is 4.98 Å². The van der Waals surface area contributed by atoms with Gasteiger partial charge in [-0.3, -0.25) is 4.79 Å². The van der Waals surface area contributed by atoms with Gasteiger partial charge in [0.2, 0.25) is 0 Å². The summed E-state index contributed by atoms with van der Waals surface area (Å²) in [6.45, 7) is 10.8. The third-order valence-corrected chi connectivity index (χ3v) is 3.11. The highest BCUT2D eigenvalue weighted by atomic mass is 35.5. The summed E-state index contributed by atoms with van der Waals surface area (Å²) >= 11 is 6.21. The molecule has 0 amide bonds. The number of nitrogens with one attached hydrogen (secondary N) is 1. The Kier molecular flexibility index (Phi) is 5.41. The van der Waals surface area contributed by atoms with Gasteiger partial charge >= 0.3 is 0 Å². The molecule has 1 aromatic heterocycles. The second-order valence-electron chi connectivity index (χ2n) is 6.23. The fourth-order valence-electron chi connectivity index (χ4n) is 1.86. The van der Waals surface area contributed by atoms with Gasteiger partial charge in [-0.15, -0.1) is 11.6 Å². The Balaban J connectivity index is 2.78. The summed E-state index contributed by atoms with van der Waals surface area (Å²) in [6, 6.07) is 0. The van der Waals surface area contributed by atoms with Crippen LogP contribution in [0.4, 0.5) is 5.82 Å². The smallest absolute Gasteiger partial charge is 0.293 e. The zero-order chi connectivity index (χ0) is 14.6. The number of alkyl halides is 1. The standard InChI is InChI=1S/C14H24ClN3O/c1-10(2)8-11(15)9-17-12-13(19)18(7-6-16-12)14(3,4)5/h6-7,10-11H,8-9H2,1-5H3,(H,16,17). The molecule has 0 spiro atoms. The molecule has 0 fully saturated rings. The fraction of sp³-hybridized carbons (Fsp3) is 0.714. The predicted molar refractivity (Wildman–Crippen MR) is 81.1 cm³/mol. The lowest BCUT2D eigenvalue weighted by molar-refractivity contribution is 0.383. The molecule has 1 atom stereocenters. The first-order chi connectivity index (χ1) is 8.71. The number of nitrogens with zero attached hydrogens (tertiary/aromatic N) is 2. The summed E-state index contributed by atoms with van der Waals surface area (Å²) in [5.41, 5.74) is -0.363. The summed E-state index contributed by atoms with van der Waals surface area (Å²) in [5.74, 6) is 0.908. The normalized spacial score (nSPS) is 13.6. The van der Waals surface area contributed by atoms with Gasteiger partial charge in [-0.05, 0) is 33.1 Å². The molecule has 1 heterocycles. The molecule has 1 rings (SSSR count). The van der Waals surface area contributed by atoms with Crippen LogP contribution < -0.4 is 10.9 Å². The van der Waals surface area contributed by atoms with Gasteiger partial charge in [-0.2, -0.15) is 0 Å². The van der Waals surface area contributed by atoms with Gasteiger partial charge in [-0.1, -0.05) is 13.8 Å². The molecule has 1 unspecified atom stereocenters. The van der Waals surface area contributed by atoms with Crippen LogP contribution in [0.25, 0.3) is 0 Å². The number of halogens is 1. The Morgan fingerprint density at radius 2 is 2.05 bits per heavy atom. The Bertz CT molecular complexity index is 462. The van der Waals surface area contributed by atoms with Crippen LogP contribution >= 0.6 is 11.6 Å². The van der Waals surface area contributed by atoms with Crippen LogP contribution in [0, 0.1) is 5.92 Å². The maximum absolute atomic E-state index is 12.2. The molecular weight excluding hydrogens is 262 g/mol. The molecule has 0 saturated carbocycles. The molecule has 0 aliphatic heterocycles. The van der Waals surface area contributed by atoms with E-state index in [1.54, 1.807) is 17.0 Å². The summed E-state index contributed by atoms with van der Waals surface area (Å²) in [5, 5.41) is 3.06. The van der Waals surface area contributed by atoms with Gasteiger partial charge in [0.1, 0.15) is 0 Å². The van der Waals surface area contributed by atoms with Gasteiger partial charge < -0.3 is 9.88 Å². The van der Waals surface area contributed by atoms with Gasteiger partial charge in [0.15, 0.2) is 5.82 Å². The van der Waals surface area contributed by atoms with Crippen LogP contribution in [-0.4, -0.2) is 21.5 Å². The van der Waals surface area contributed by atoms with E-state index in [0.29, 0.717) is 18.3 Å². The highest BCUT2D eigenvalue weighted by molar-refractivity contribution is 6.20. The van der Waals surface area contributed by atoms with Gasteiger partial charge in [0.05, 0.1) is 5.38 Å². The zero-order valence-corrected chi connectivity index (χ0v) is 13.2. The van der Waals surface area contributed by atoms with Gasteiger partial charge in [0, 0.05) is 24.5 Å². The molecule has 5 heteroatoms. The van der Waals surface area contributed by atoms with Crippen LogP contribution in [0.3, 0.4) is 0 Å². The first-order valence-corrected chi connectivity index (χ1v) is 7.11. The van der Waals surface area contributed by atoms with Crippen molar-refractivity contribution in [2.45, 2.75) is 52.0 Å². The topological polar surface area (TPSA) is 46.9 Å². The van der Waals surface area contributed by atoms with E-state index >= 15 is 0 Å². The molecule has 0 aromatic carbocycles. The molecule has 1 aromatic rings. The third-order valence-electron chi connectivity index (χ3n) is 2.78. The van der Waals surface area contributed by atoms with E-state index in [4.69, 9.17) is 11.6 Å². The van der Waals surface area contributed by atoms with Crippen molar-refractivity contribution in [2.24, 2.45) is 5.92 Å². The Labute approximate surface area is 120 Å². The largest absolute Gasteiger partial charge is 0.364 e. The third kappa shape index (κ3) is 4.86. The molecular formula is C14H24ClN3O. The Hall–Kier alpha value is -1.03. The maximum Gasteiger partial charge on any atom is 0.293 e. The van der Waals surface area contributed by atoms with E-state index in [-0.39, 0.29) is 16.5 Å². The van der Waals surface area contributed by atoms with E-state index in [1.165, 1.54) is 0 Å². The molecule has 0 saturated heterocycles. The Morgan fingerprint density at radius 1 is 1.42 bits per heavy atom. The van der Waals surface area contributed by atoms with Crippen LogP contribution in [-0.2, 0) is 5.54 Å². The van der Waals surface area contributed by atoms with E-state index in [9.17, 15) is 4.79 Å².